The second-order valence-corrected chi connectivity index (χ2v) is 5.75. The zero-order valence-corrected chi connectivity index (χ0v) is 12.1. The van der Waals surface area contributed by atoms with Crippen molar-refractivity contribution in [1.82, 2.24) is 10.6 Å². The number of nitrogens with one attached hydrogen (secondary N) is 2. The van der Waals surface area contributed by atoms with Crippen molar-refractivity contribution in [1.29, 1.82) is 0 Å². The summed E-state index contributed by atoms with van der Waals surface area (Å²) in [4.78, 5) is 11.6. The Balaban J connectivity index is 2.38. The summed E-state index contributed by atoms with van der Waals surface area (Å²) in [5, 5.41) is 6.05. The van der Waals surface area contributed by atoms with Gasteiger partial charge in [0, 0.05) is 30.1 Å². The van der Waals surface area contributed by atoms with Crippen LogP contribution in [-0.2, 0) is 4.79 Å². The molecule has 0 aliphatic carbocycles. The highest BCUT2D eigenvalue weighted by Gasteiger charge is 2.14. The van der Waals surface area contributed by atoms with Gasteiger partial charge in [-0.2, -0.15) is 0 Å². The minimum Gasteiger partial charge on any atom is -0.351 e. The van der Waals surface area contributed by atoms with Crippen molar-refractivity contribution >= 4 is 5.91 Å². The van der Waals surface area contributed by atoms with Crippen LogP contribution in [0.25, 0.3) is 0 Å². The van der Waals surface area contributed by atoms with E-state index < -0.39 is 0 Å². The second-order valence-electron chi connectivity index (χ2n) is 5.75. The fraction of sp³-hybridized carbons (Fsp3) is 0.533. The molecule has 106 valence electrons. The molecule has 0 saturated heterocycles. The van der Waals surface area contributed by atoms with Crippen molar-refractivity contribution in [3.8, 4) is 0 Å². The Hall–Kier alpha value is -1.42. The Morgan fingerprint density at radius 1 is 1.32 bits per heavy atom. The summed E-state index contributed by atoms with van der Waals surface area (Å²) in [6, 6.07) is 6.57. The highest BCUT2D eigenvalue weighted by molar-refractivity contribution is 5.76. The molecule has 4 heteroatoms. The number of benzene rings is 1. The minimum atomic E-state index is -0.221. The van der Waals surface area contributed by atoms with E-state index in [1.807, 2.05) is 33.8 Å². The van der Waals surface area contributed by atoms with Crippen LogP contribution >= 0.6 is 0 Å². The Morgan fingerprint density at radius 3 is 2.53 bits per heavy atom. The average molecular weight is 266 g/mol. The quantitative estimate of drug-likeness (QED) is 0.860. The van der Waals surface area contributed by atoms with Crippen LogP contribution in [0.4, 0.5) is 4.39 Å². The van der Waals surface area contributed by atoms with Gasteiger partial charge in [-0.25, -0.2) is 4.39 Å². The van der Waals surface area contributed by atoms with Gasteiger partial charge < -0.3 is 10.6 Å². The molecule has 0 bridgehead atoms. The highest BCUT2D eigenvalue weighted by Crippen LogP contribution is 2.15. The summed E-state index contributed by atoms with van der Waals surface area (Å²) < 4.78 is 13.5. The number of hydrogen-bond donors (Lipinski definition) is 2. The van der Waals surface area contributed by atoms with E-state index in [0.717, 1.165) is 0 Å². The van der Waals surface area contributed by atoms with Crippen LogP contribution in [0.1, 0.15) is 45.7 Å². The van der Waals surface area contributed by atoms with Gasteiger partial charge in [-0.15, -0.1) is 0 Å². The lowest BCUT2D eigenvalue weighted by Crippen LogP contribution is -2.41. The van der Waals surface area contributed by atoms with Crippen LogP contribution in [0.3, 0.4) is 0 Å². The van der Waals surface area contributed by atoms with Crippen molar-refractivity contribution in [2.24, 2.45) is 0 Å². The number of carbonyl (C=O) groups is 1. The summed E-state index contributed by atoms with van der Waals surface area (Å²) in [7, 11) is 0. The van der Waals surface area contributed by atoms with Crippen molar-refractivity contribution in [2.75, 3.05) is 6.54 Å². The zero-order valence-electron chi connectivity index (χ0n) is 12.1. The smallest absolute Gasteiger partial charge is 0.221 e. The van der Waals surface area contributed by atoms with E-state index in [0.29, 0.717) is 18.5 Å². The molecule has 0 heterocycles. The Morgan fingerprint density at radius 2 is 1.95 bits per heavy atom. The topological polar surface area (TPSA) is 41.1 Å². The van der Waals surface area contributed by atoms with Gasteiger partial charge in [0.05, 0.1) is 0 Å². The maximum Gasteiger partial charge on any atom is 0.221 e. The first-order valence-corrected chi connectivity index (χ1v) is 6.58. The van der Waals surface area contributed by atoms with E-state index in [2.05, 4.69) is 10.6 Å². The lowest BCUT2D eigenvalue weighted by atomic mass is 10.1. The number of carbonyl (C=O) groups excluding carboxylic acids is 1. The van der Waals surface area contributed by atoms with E-state index in [1.165, 1.54) is 6.07 Å². The molecule has 0 aromatic heterocycles. The molecule has 0 spiro atoms. The number of amides is 1. The maximum atomic E-state index is 13.5. The fourth-order valence-electron chi connectivity index (χ4n) is 1.82. The van der Waals surface area contributed by atoms with Gasteiger partial charge in [-0.05, 0) is 33.8 Å². The van der Waals surface area contributed by atoms with Crippen LogP contribution in [-0.4, -0.2) is 18.0 Å². The molecule has 3 nitrogen and oxygen atoms in total. The third-order valence-electron chi connectivity index (χ3n) is 2.69. The normalized spacial score (nSPS) is 13.1. The van der Waals surface area contributed by atoms with Crippen LogP contribution in [0.15, 0.2) is 24.3 Å². The molecule has 1 atom stereocenters. The van der Waals surface area contributed by atoms with Gasteiger partial charge >= 0.3 is 0 Å². The SMILES string of the molecule is CC(NCCC(=O)NC(C)(C)C)c1ccccc1F. The van der Waals surface area contributed by atoms with E-state index in [4.69, 9.17) is 0 Å². The Kier molecular flexibility index (Phi) is 5.48. The summed E-state index contributed by atoms with van der Waals surface area (Å²) in [5.41, 5.74) is 0.410. The van der Waals surface area contributed by atoms with E-state index in [-0.39, 0.29) is 23.3 Å². The largest absolute Gasteiger partial charge is 0.351 e. The lowest BCUT2D eigenvalue weighted by molar-refractivity contribution is -0.122. The lowest BCUT2D eigenvalue weighted by Gasteiger charge is -2.21. The molecule has 0 radical (unpaired) electrons. The average Bonchev–Trinajstić information content (AvgIpc) is 2.26. The minimum absolute atomic E-state index is 0.000679. The molecule has 0 saturated carbocycles. The summed E-state index contributed by atoms with van der Waals surface area (Å²) in [5.74, 6) is -0.220. The van der Waals surface area contributed by atoms with Gasteiger partial charge in [0.2, 0.25) is 5.91 Å². The molecule has 0 aliphatic heterocycles. The van der Waals surface area contributed by atoms with Crippen LogP contribution in [0.5, 0.6) is 0 Å². The van der Waals surface area contributed by atoms with Gasteiger partial charge in [0.25, 0.3) is 0 Å². The van der Waals surface area contributed by atoms with E-state index >= 15 is 0 Å². The Bertz CT molecular complexity index is 426. The zero-order chi connectivity index (χ0) is 14.5. The maximum absolute atomic E-state index is 13.5. The summed E-state index contributed by atoms with van der Waals surface area (Å²) in [6.45, 7) is 8.25. The first-order valence-electron chi connectivity index (χ1n) is 6.58. The molecule has 1 aromatic rings. The molecule has 0 aliphatic rings. The summed E-state index contributed by atoms with van der Waals surface area (Å²) >= 11 is 0. The second kappa shape index (κ2) is 6.66. The number of halogens is 1. The van der Waals surface area contributed by atoms with Gasteiger partial charge in [0.1, 0.15) is 5.82 Å². The third kappa shape index (κ3) is 5.83. The number of rotatable bonds is 5. The highest BCUT2D eigenvalue weighted by atomic mass is 19.1. The summed E-state index contributed by atoms with van der Waals surface area (Å²) in [6.07, 6.45) is 0.385. The van der Waals surface area contributed by atoms with Gasteiger partial charge in [-0.3, -0.25) is 4.79 Å². The van der Waals surface area contributed by atoms with Crippen molar-refractivity contribution < 1.29 is 9.18 Å². The van der Waals surface area contributed by atoms with Crippen LogP contribution in [0.2, 0.25) is 0 Å². The first-order chi connectivity index (χ1) is 8.79. The standard InChI is InChI=1S/C15H23FN2O/c1-11(12-7-5-6-8-13(12)16)17-10-9-14(19)18-15(2,3)4/h5-8,11,17H,9-10H2,1-4H3,(H,18,19). The monoisotopic (exact) mass is 266 g/mol. The fourth-order valence-corrected chi connectivity index (χ4v) is 1.82. The van der Waals surface area contributed by atoms with Crippen molar-refractivity contribution in [2.45, 2.75) is 45.7 Å². The first kappa shape index (κ1) is 15.6. The van der Waals surface area contributed by atoms with E-state index in [9.17, 15) is 9.18 Å². The predicted octanol–water partition coefficient (Wildman–Crippen LogP) is 2.78. The molecule has 19 heavy (non-hydrogen) atoms. The molecule has 0 fully saturated rings. The molecule has 1 unspecified atom stereocenters. The molecular formula is C15H23FN2O. The van der Waals surface area contributed by atoms with Gasteiger partial charge in [0.15, 0.2) is 0 Å². The molecule has 1 rings (SSSR count). The third-order valence-corrected chi connectivity index (χ3v) is 2.69. The molecule has 1 aromatic carbocycles. The van der Waals surface area contributed by atoms with Crippen LogP contribution < -0.4 is 10.6 Å². The predicted molar refractivity (Wildman–Crippen MR) is 75.3 cm³/mol. The molecule has 1 amide bonds. The number of hydrogen-bond acceptors (Lipinski definition) is 2. The van der Waals surface area contributed by atoms with Crippen molar-refractivity contribution in [3.63, 3.8) is 0 Å². The molecule has 2 N–H and O–H groups in total. The van der Waals surface area contributed by atoms with E-state index in [1.54, 1.807) is 12.1 Å². The molecular weight excluding hydrogens is 243 g/mol. The Labute approximate surface area is 114 Å². The van der Waals surface area contributed by atoms with Crippen LogP contribution in [0, 0.1) is 5.82 Å². The van der Waals surface area contributed by atoms with Crippen molar-refractivity contribution in [3.05, 3.63) is 35.6 Å². The van der Waals surface area contributed by atoms with Gasteiger partial charge in [-0.1, -0.05) is 18.2 Å².